The van der Waals surface area contributed by atoms with Gasteiger partial charge in [-0.2, -0.15) is 0 Å². The number of hydrogen-bond donors (Lipinski definition) is 2. The molecule has 0 fully saturated rings. The minimum absolute atomic E-state index is 0.0275. The SMILES string of the molecule is CCCCCc1cc(O)c(-c2cccc(C)c2)c(O)c1C(=O)N(C)Cc1ccon1. The highest BCUT2D eigenvalue weighted by molar-refractivity contribution is 6.01. The Labute approximate surface area is 176 Å². The minimum Gasteiger partial charge on any atom is -0.507 e. The molecule has 0 aliphatic rings. The van der Waals surface area contributed by atoms with E-state index in [0.29, 0.717) is 23.2 Å². The van der Waals surface area contributed by atoms with E-state index in [4.69, 9.17) is 4.52 Å². The third kappa shape index (κ3) is 4.64. The summed E-state index contributed by atoms with van der Waals surface area (Å²) < 4.78 is 4.85. The molecule has 0 unspecified atom stereocenters. The monoisotopic (exact) mass is 408 g/mol. The van der Waals surface area contributed by atoms with E-state index in [1.807, 2.05) is 31.2 Å². The predicted octanol–water partition coefficient (Wildman–Crippen LogP) is 5.07. The number of hydrogen-bond acceptors (Lipinski definition) is 5. The van der Waals surface area contributed by atoms with Crippen molar-refractivity contribution in [2.24, 2.45) is 0 Å². The van der Waals surface area contributed by atoms with Crippen molar-refractivity contribution in [3.8, 4) is 22.6 Å². The standard InChI is InChI=1S/C24H28N2O4/c1-4-5-6-9-18-14-20(27)21(17-10-7-8-16(2)13-17)23(28)22(18)24(29)26(3)15-19-11-12-30-25-19/h7-8,10-14,27-28H,4-6,9,15H2,1-3H3. The van der Waals surface area contributed by atoms with E-state index in [9.17, 15) is 15.0 Å². The quantitative estimate of drug-likeness (QED) is 0.508. The molecule has 1 heterocycles. The van der Waals surface area contributed by atoms with Crippen LogP contribution < -0.4 is 0 Å². The highest BCUT2D eigenvalue weighted by Crippen LogP contribution is 2.42. The van der Waals surface area contributed by atoms with E-state index >= 15 is 0 Å². The molecule has 3 rings (SSSR count). The third-order valence-corrected chi connectivity index (χ3v) is 5.17. The van der Waals surface area contributed by atoms with Crippen LogP contribution in [-0.4, -0.2) is 33.2 Å². The van der Waals surface area contributed by atoms with E-state index in [1.54, 1.807) is 19.2 Å². The molecule has 30 heavy (non-hydrogen) atoms. The van der Waals surface area contributed by atoms with E-state index in [2.05, 4.69) is 12.1 Å². The summed E-state index contributed by atoms with van der Waals surface area (Å²) in [7, 11) is 1.66. The van der Waals surface area contributed by atoms with Crippen LogP contribution in [0, 0.1) is 6.92 Å². The van der Waals surface area contributed by atoms with Gasteiger partial charge in [0.05, 0.1) is 17.7 Å². The van der Waals surface area contributed by atoms with Crippen LogP contribution in [0.5, 0.6) is 11.5 Å². The van der Waals surface area contributed by atoms with Gasteiger partial charge in [0.15, 0.2) is 0 Å². The van der Waals surface area contributed by atoms with Crippen LogP contribution in [0.1, 0.15) is 53.4 Å². The van der Waals surface area contributed by atoms with Crippen LogP contribution in [0.2, 0.25) is 0 Å². The number of amides is 1. The predicted molar refractivity (Wildman–Crippen MR) is 115 cm³/mol. The maximum atomic E-state index is 13.3. The van der Waals surface area contributed by atoms with E-state index in [-0.39, 0.29) is 35.1 Å². The average Bonchev–Trinajstić information content (AvgIpc) is 3.21. The van der Waals surface area contributed by atoms with Gasteiger partial charge in [0.1, 0.15) is 23.5 Å². The van der Waals surface area contributed by atoms with E-state index < -0.39 is 0 Å². The van der Waals surface area contributed by atoms with Crippen molar-refractivity contribution >= 4 is 5.91 Å². The highest BCUT2D eigenvalue weighted by Gasteiger charge is 2.26. The first-order valence-corrected chi connectivity index (χ1v) is 10.2. The molecule has 0 spiro atoms. The molecule has 6 nitrogen and oxygen atoms in total. The molecular formula is C24H28N2O4. The Morgan fingerprint density at radius 2 is 1.97 bits per heavy atom. The highest BCUT2D eigenvalue weighted by atomic mass is 16.5. The lowest BCUT2D eigenvalue weighted by atomic mass is 9.92. The summed E-state index contributed by atoms with van der Waals surface area (Å²) in [6, 6.07) is 10.8. The van der Waals surface area contributed by atoms with Crippen LogP contribution in [-0.2, 0) is 13.0 Å². The Kier molecular flexibility index (Phi) is 6.77. The molecule has 0 bridgehead atoms. The second-order valence-electron chi connectivity index (χ2n) is 7.63. The molecule has 3 aromatic rings. The number of carbonyl (C=O) groups excluding carboxylic acids is 1. The third-order valence-electron chi connectivity index (χ3n) is 5.17. The summed E-state index contributed by atoms with van der Waals surface area (Å²) in [5.74, 6) is -0.541. The lowest BCUT2D eigenvalue weighted by molar-refractivity contribution is 0.0778. The maximum Gasteiger partial charge on any atom is 0.258 e. The van der Waals surface area contributed by atoms with Gasteiger partial charge in [-0.25, -0.2) is 0 Å². The first-order valence-electron chi connectivity index (χ1n) is 10.2. The number of phenols is 2. The Morgan fingerprint density at radius 3 is 2.63 bits per heavy atom. The summed E-state index contributed by atoms with van der Waals surface area (Å²) in [4.78, 5) is 14.8. The summed E-state index contributed by atoms with van der Waals surface area (Å²) in [6.45, 7) is 4.30. The second-order valence-corrected chi connectivity index (χ2v) is 7.63. The summed E-state index contributed by atoms with van der Waals surface area (Å²) >= 11 is 0. The molecule has 0 saturated heterocycles. The van der Waals surface area contributed by atoms with Gasteiger partial charge in [-0.05, 0) is 37.0 Å². The van der Waals surface area contributed by atoms with E-state index in [0.717, 1.165) is 24.8 Å². The van der Waals surface area contributed by atoms with Crippen LogP contribution in [0.25, 0.3) is 11.1 Å². The fourth-order valence-corrected chi connectivity index (χ4v) is 3.62. The van der Waals surface area contributed by atoms with Crippen molar-refractivity contribution in [2.45, 2.75) is 46.1 Å². The Morgan fingerprint density at radius 1 is 1.17 bits per heavy atom. The molecule has 0 saturated carbocycles. The minimum atomic E-state index is -0.323. The topological polar surface area (TPSA) is 86.8 Å². The first kappa shape index (κ1) is 21.4. The Hall–Kier alpha value is -3.28. The maximum absolute atomic E-state index is 13.3. The van der Waals surface area contributed by atoms with Crippen molar-refractivity contribution in [1.82, 2.24) is 10.1 Å². The molecule has 0 aliphatic carbocycles. The zero-order valence-electron chi connectivity index (χ0n) is 17.7. The summed E-state index contributed by atoms with van der Waals surface area (Å²) in [5, 5.41) is 25.7. The van der Waals surface area contributed by atoms with Crippen LogP contribution >= 0.6 is 0 Å². The van der Waals surface area contributed by atoms with Gasteiger partial charge in [0, 0.05) is 13.1 Å². The van der Waals surface area contributed by atoms with Crippen LogP contribution in [0.15, 0.2) is 47.2 Å². The van der Waals surface area contributed by atoms with Crippen LogP contribution in [0.3, 0.4) is 0 Å². The average molecular weight is 408 g/mol. The molecule has 1 aromatic heterocycles. The molecule has 0 atom stereocenters. The molecule has 1 amide bonds. The van der Waals surface area contributed by atoms with Gasteiger partial charge >= 0.3 is 0 Å². The lowest BCUT2D eigenvalue weighted by Crippen LogP contribution is -2.27. The zero-order chi connectivity index (χ0) is 21.7. The molecule has 2 aromatic carbocycles. The van der Waals surface area contributed by atoms with Gasteiger partial charge in [0.25, 0.3) is 5.91 Å². The molecule has 2 N–H and O–H groups in total. The molecule has 0 aliphatic heterocycles. The van der Waals surface area contributed by atoms with Crippen molar-refractivity contribution < 1.29 is 19.5 Å². The summed E-state index contributed by atoms with van der Waals surface area (Å²) in [5.41, 5.74) is 3.43. The smallest absolute Gasteiger partial charge is 0.258 e. The summed E-state index contributed by atoms with van der Waals surface area (Å²) in [6.07, 6.45) is 4.96. The largest absolute Gasteiger partial charge is 0.507 e. The van der Waals surface area contributed by atoms with Gasteiger partial charge in [-0.1, -0.05) is 54.8 Å². The number of nitrogens with zero attached hydrogens (tertiary/aromatic N) is 2. The van der Waals surface area contributed by atoms with Gasteiger partial charge in [-0.15, -0.1) is 0 Å². The van der Waals surface area contributed by atoms with E-state index in [1.165, 1.54) is 11.2 Å². The molecule has 0 radical (unpaired) electrons. The van der Waals surface area contributed by atoms with Crippen molar-refractivity contribution in [3.63, 3.8) is 0 Å². The zero-order valence-corrected chi connectivity index (χ0v) is 17.7. The molecular weight excluding hydrogens is 380 g/mol. The Balaban J connectivity index is 2.06. The number of phenolic OH excluding ortho intramolecular Hbond substituents is 2. The first-order chi connectivity index (χ1) is 14.4. The number of aromatic nitrogens is 1. The number of benzene rings is 2. The number of carbonyl (C=O) groups is 1. The van der Waals surface area contributed by atoms with Gasteiger partial charge < -0.3 is 19.6 Å². The van der Waals surface area contributed by atoms with Crippen LogP contribution in [0.4, 0.5) is 0 Å². The van der Waals surface area contributed by atoms with Gasteiger partial charge in [0.2, 0.25) is 0 Å². The fraction of sp³-hybridized carbons (Fsp3) is 0.333. The fourth-order valence-electron chi connectivity index (χ4n) is 3.62. The molecule has 6 heteroatoms. The van der Waals surface area contributed by atoms with Gasteiger partial charge in [-0.3, -0.25) is 4.79 Å². The normalized spacial score (nSPS) is 10.9. The van der Waals surface area contributed by atoms with Crippen molar-refractivity contribution in [3.05, 3.63) is 65.0 Å². The number of aryl methyl sites for hydroxylation is 2. The lowest BCUT2D eigenvalue weighted by Gasteiger charge is -2.21. The Bertz CT molecular complexity index is 1010. The molecule has 158 valence electrons. The van der Waals surface area contributed by atoms with Crippen molar-refractivity contribution in [1.29, 1.82) is 0 Å². The van der Waals surface area contributed by atoms with Crippen molar-refractivity contribution in [2.75, 3.05) is 7.05 Å². The number of aromatic hydroxyl groups is 2. The number of unbranched alkanes of at least 4 members (excludes halogenated alkanes) is 2. The number of rotatable bonds is 8. The second kappa shape index (κ2) is 9.48.